The van der Waals surface area contributed by atoms with E-state index in [1.54, 1.807) is 11.0 Å². The van der Waals surface area contributed by atoms with Gasteiger partial charge in [-0.2, -0.15) is 0 Å². The number of nitro groups is 2. The van der Waals surface area contributed by atoms with Crippen LogP contribution >= 0.6 is 11.8 Å². The number of morpholine rings is 1. The Balaban J connectivity index is 1.56. The molecule has 11 nitrogen and oxygen atoms in total. The molecule has 0 radical (unpaired) electrons. The molecule has 0 aromatic heterocycles. The van der Waals surface area contributed by atoms with Crippen molar-refractivity contribution in [2.75, 3.05) is 44.7 Å². The molecule has 2 amide bonds. The topological polar surface area (TPSA) is 131 Å². The largest absolute Gasteiger partial charge is 0.379 e. The highest BCUT2D eigenvalue weighted by Gasteiger charge is 2.20. The van der Waals surface area contributed by atoms with Crippen LogP contribution in [0.2, 0.25) is 0 Å². The van der Waals surface area contributed by atoms with Gasteiger partial charge in [-0.1, -0.05) is 29.5 Å². The molecular formula is C28H31N5O6S. The van der Waals surface area contributed by atoms with Gasteiger partial charge in [-0.25, -0.2) is 4.79 Å². The third-order valence-electron chi connectivity index (χ3n) is 6.49. The van der Waals surface area contributed by atoms with Crippen molar-refractivity contribution >= 4 is 34.9 Å². The number of benzene rings is 3. The minimum absolute atomic E-state index is 0.0488. The third kappa shape index (κ3) is 8.25. The molecule has 0 aliphatic carbocycles. The van der Waals surface area contributed by atoms with E-state index in [0.29, 0.717) is 37.4 Å². The molecule has 0 spiro atoms. The van der Waals surface area contributed by atoms with Gasteiger partial charge in [0.2, 0.25) is 0 Å². The molecule has 40 heavy (non-hydrogen) atoms. The minimum Gasteiger partial charge on any atom is -0.379 e. The highest BCUT2D eigenvalue weighted by molar-refractivity contribution is 7.99. The number of rotatable bonds is 11. The Labute approximate surface area is 236 Å². The monoisotopic (exact) mass is 565 g/mol. The fraction of sp³-hybridized carbons (Fsp3) is 0.321. The SMILES string of the molecule is Cc1ccc(Sc2ccc([N+](=O)[O-])cc2CN(CCCN2CCOCC2)C(=O)Nc2ccc([N+](=O)[O-])cc2)cc1. The molecule has 0 saturated carbocycles. The van der Waals surface area contributed by atoms with Crippen molar-refractivity contribution < 1.29 is 19.4 Å². The number of nitro benzene ring substituents is 2. The first-order chi connectivity index (χ1) is 19.3. The second-order valence-electron chi connectivity index (χ2n) is 9.43. The van der Waals surface area contributed by atoms with Gasteiger partial charge >= 0.3 is 6.03 Å². The molecule has 1 fully saturated rings. The normalized spacial score (nSPS) is 13.5. The number of nitrogens with one attached hydrogen (secondary N) is 1. The van der Waals surface area contributed by atoms with Crippen LogP contribution in [0.3, 0.4) is 0 Å². The number of carbonyl (C=O) groups is 1. The summed E-state index contributed by atoms with van der Waals surface area (Å²) >= 11 is 1.48. The number of amides is 2. The summed E-state index contributed by atoms with van der Waals surface area (Å²) in [6.45, 7) is 6.36. The van der Waals surface area contributed by atoms with Crippen LogP contribution in [0.1, 0.15) is 17.5 Å². The zero-order chi connectivity index (χ0) is 28.5. The number of non-ortho nitro benzene ring substituents is 2. The lowest BCUT2D eigenvalue weighted by Crippen LogP contribution is -2.40. The molecular weight excluding hydrogens is 534 g/mol. The van der Waals surface area contributed by atoms with Crippen LogP contribution in [0.5, 0.6) is 0 Å². The van der Waals surface area contributed by atoms with Gasteiger partial charge in [-0.15, -0.1) is 0 Å². The van der Waals surface area contributed by atoms with Crippen LogP contribution in [0.4, 0.5) is 21.9 Å². The number of hydrogen-bond acceptors (Lipinski definition) is 8. The fourth-order valence-corrected chi connectivity index (χ4v) is 5.19. The Kier molecular flexibility index (Phi) is 10.1. The van der Waals surface area contributed by atoms with E-state index >= 15 is 0 Å². The Morgan fingerprint density at radius 3 is 2.27 bits per heavy atom. The second kappa shape index (κ2) is 13.9. The molecule has 1 aliphatic rings. The molecule has 3 aromatic carbocycles. The summed E-state index contributed by atoms with van der Waals surface area (Å²) < 4.78 is 5.42. The molecule has 1 saturated heterocycles. The third-order valence-corrected chi connectivity index (χ3v) is 7.61. The number of nitrogens with zero attached hydrogens (tertiary/aromatic N) is 4. The van der Waals surface area contributed by atoms with Crippen LogP contribution in [0, 0.1) is 27.2 Å². The Bertz CT molecular complexity index is 1330. The summed E-state index contributed by atoms with van der Waals surface area (Å²) in [6.07, 6.45) is 0.697. The molecule has 1 aliphatic heterocycles. The van der Waals surface area contributed by atoms with E-state index < -0.39 is 15.9 Å². The van der Waals surface area contributed by atoms with E-state index in [9.17, 15) is 25.0 Å². The molecule has 12 heteroatoms. The molecule has 0 unspecified atom stereocenters. The lowest BCUT2D eigenvalue weighted by molar-refractivity contribution is -0.385. The predicted octanol–water partition coefficient (Wildman–Crippen LogP) is 5.72. The maximum absolute atomic E-state index is 13.5. The molecule has 0 atom stereocenters. The standard InChI is InChI=1S/C28H31N5O6S/c1-21-3-10-26(11-4-21)40-27-12-9-25(33(37)38)19-22(27)20-31(14-2-13-30-15-17-39-18-16-30)28(34)29-23-5-7-24(8-6-23)32(35)36/h3-12,19H,2,13-18,20H2,1H3,(H,29,34). The Hall–Kier alpha value is -4.00. The molecule has 0 bridgehead atoms. The molecule has 1 heterocycles. The van der Waals surface area contributed by atoms with E-state index in [2.05, 4.69) is 10.2 Å². The van der Waals surface area contributed by atoms with Gasteiger partial charge in [-0.05, 0) is 49.2 Å². The zero-order valence-corrected chi connectivity index (χ0v) is 23.0. The summed E-state index contributed by atoms with van der Waals surface area (Å²) in [5, 5.41) is 25.4. The first-order valence-electron chi connectivity index (χ1n) is 12.9. The van der Waals surface area contributed by atoms with Gasteiger partial charge in [0.05, 0.1) is 23.1 Å². The van der Waals surface area contributed by atoms with E-state index in [1.807, 2.05) is 31.2 Å². The summed E-state index contributed by atoms with van der Waals surface area (Å²) in [4.78, 5) is 40.8. The highest BCUT2D eigenvalue weighted by Crippen LogP contribution is 2.33. The van der Waals surface area contributed by atoms with E-state index in [0.717, 1.165) is 35.0 Å². The van der Waals surface area contributed by atoms with Crippen molar-refractivity contribution in [2.45, 2.75) is 29.7 Å². The van der Waals surface area contributed by atoms with Crippen molar-refractivity contribution in [3.05, 3.63) is 98.1 Å². The number of aryl methyl sites for hydroxylation is 1. The van der Waals surface area contributed by atoms with Crippen molar-refractivity contribution in [1.29, 1.82) is 0 Å². The number of anilines is 1. The number of carbonyl (C=O) groups excluding carboxylic acids is 1. The van der Waals surface area contributed by atoms with Gasteiger partial charge in [0.25, 0.3) is 11.4 Å². The van der Waals surface area contributed by atoms with Crippen LogP contribution in [-0.2, 0) is 11.3 Å². The van der Waals surface area contributed by atoms with Crippen molar-refractivity contribution in [1.82, 2.24) is 9.80 Å². The van der Waals surface area contributed by atoms with Crippen LogP contribution < -0.4 is 5.32 Å². The average Bonchev–Trinajstić information content (AvgIpc) is 2.95. The van der Waals surface area contributed by atoms with Gasteiger partial charge in [0.15, 0.2) is 0 Å². The highest BCUT2D eigenvalue weighted by atomic mass is 32.2. The van der Waals surface area contributed by atoms with Crippen molar-refractivity contribution in [2.24, 2.45) is 0 Å². The van der Waals surface area contributed by atoms with Crippen molar-refractivity contribution in [3.8, 4) is 0 Å². The smallest absolute Gasteiger partial charge is 0.322 e. The number of urea groups is 1. The molecule has 4 rings (SSSR count). The number of ether oxygens (including phenoxy) is 1. The molecule has 210 valence electrons. The van der Waals surface area contributed by atoms with E-state index in [4.69, 9.17) is 4.74 Å². The molecule has 3 aromatic rings. The summed E-state index contributed by atoms with van der Waals surface area (Å²) in [5.41, 5.74) is 2.08. The van der Waals surface area contributed by atoms with Crippen LogP contribution in [0.25, 0.3) is 0 Å². The first kappa shape index (κ1) is 29.0. The lowest BCUT2D eigenvalue weighted by Gasteiger charge is -2.29. The Morgan fingerprint density at radius 2 is 1.62 bits per heavy atom. The first-order valence-corrected chi connectivity index (χ1v) is 13.7. The summed E-state index contributed by atoms with van der Waals surface area (Å²) in [5.74, 6) is 0. The predicted molar refractivity (Wildman–Crippen MR) is 153 cm³/mol. The summed E-state index contributed by atoms with van der Waals surface area (Å²) in [6, 6.07) is 17.9. The fourth-order valence-electron chi connectivity index (χ4n) is 4.27. The maximum atomic E-state index is 13.5. The van der Waals surface area contributed by atoms with Crippen LogP contribution in [0.15, 0.2) is 76.5 Å². The average molecular weight is 566 g/mol. The van der Waals surface area contributed by atoms with E-state index in [-0.39, 0.29) is 17.9 Å². The van der Waals surface area contributed by atoms with Crippen LogP contribution in [-0.4, -0.2) is 65.1 Å². The molecule has 1 N–H and O–H groups in total. The summed E-state index contributed by atoms with van der Waals surface area (Å²) in [7, 11) is 0. The van der Waals surface area contributed by atoms with Gasteiger partial charge in [0, 0.05) is 72.5 Å². The quantitative estimate of drug-likeness (QED) is 0.231. The number of hydrogen-bond donors (Lipinski definition) is 1. The zero-order valence-electron chi connectivity index (χ0n) is 22.2. The van der Waals surface area contributed by atoms with Gasteiger partial charge in [-0.3, -0.25) is 25.1 Å². The second-order valence-corrected chi connectivity index (χ2v) is 10.5. The van der Waals surface area contributed by atoms with E-state index in [1.165, 1.54) is 48.2 Å². The minimum atomic E-state index is -0.501. The Morgan fingerprint density at radius 1 is 0.975 bits per heavy atom. The van der Waals surface area contributed by atoms with Gasteiger partial charge < -0.3 is 15.0 Å². The van der Waals surface area contributed by atoms with Gasteiger partial charge in [0.1, 0.15) is 0 Å². The van der Waals surface area contributed by atoms with Crippen molar-refractivity contribution in [3.63, 3.8) is 0 Å². The maximum Gasteiger partial charge on any atom is 0.322 e. The lowest BCUT2D eigenvalue weighted by atomic mass is 10.2.